The van der Waals surface area contributed by atoms with Crippen molar-refractivity contribution in [3.63, 3.8) is 0 Å². The molecule has 6 nitrogen and oxygen atoms in total. The lowest BCUT2D eigenvalue weighted by atomic mass is 10.1. The fraction of sp³-hybridized carbons (Fsp3) is 0.350. The predicted octanol–water partition coefficient (Wildman–Crippen LogP) is 3.54. The molecule has 0 radical (unpaired) electrons. The Balaban J connectivity index is 1.92. The Bertz CT molecular complexity index is 992. The quantitative estimate of drug-likeness (QED) is 0.817. The van der Waals surface area contributed by atoms with Gasteiger partial charge in [-0.25, -0.2) is 8.42 Å². The van der Waals surface area contributed by atoms with Gasteiger partial charge in [0, 0.05) is 18.7 Å². The second-order valence-corrected chi connectivity index (χ2v) is 9.23. The number of ether oxygens (including phenoxy) is 1. The fourth-order valence-corrected chi connectivity index (χ4v) is 5.00. The Labute approximate surface area is 170 Å². The number of carbonyl (C=O) groups is 1. The zero-order valence-corrected chi connectivity index (χ0v) is 17.7. The summed E-state index contributed by atoms with van der Waals surface area (Å²) in [6, 6.07) is 8.30. The summed E-state index contributed by atoms with van der Waals surface area (Å²) in [5.41, 5.74) is 3.34. The summed E-state index contributed by atoms with van der Waals surface area (Å²) in [5, 5.41) is 3.27. The second kappa shape index (κ2) is 8.21. The summed E-state index contributed by atoms with van der Waals surface area (Å²) >= 11 is 6.28. The first-order valence-electron chi connectivity index (χ1n) is 8.97. The number of nitrogens with zero attached hydrogens (tertiary/aromatic N) is 1. The summed E-state index contributed by atoms with van der Waals surface area (Å²) in [6.07, 6.45) is 0. The minimum Gasteiger partial charge on any atom is -0.379 e. The van der Waals surface area contributed by atoms with Crippen LogP contribution in [-0.4, -0.2) is 44.9 Å². The highest BCUT2D eigenvalue weighted by molar-refractivity contribution is 7.89. The van der Waals surface area contributed by atoms with Gasteiger partial charge < -0.3 is 10.1 Å². The fourth-order valence-electron chi connectivity index (χ4n) is 3.20. The lowest BCUT2D eigenvalue weighted by molar-refractivity contribution is 0.0730. The molecule has 2 aromatic carbocycles. The second-order valence-electron chi connectivity index (χ2n) is 6.89. The minimum absolute atomic E-state index is 0.0943. The number of amides is 1. The molecule has 0 unspecified atom stereocenters. The van der Waals surface area contributed by atoms with Gasteiger partial charge in [-0.2, -0.15) is 4.31 Å². The lowest BCUT2D eigenvalue weighted by Gasteiger charge is -2.26. The van der Waals surface area contributed by atoms with Crippen LogP contribution >= 0.6 is 11.6 Å². The van der Waals surface area contributed by atoms with E-state index in [4.69, 9.17) is 16.3 Å². The molecule has 0 saturated carbocycles. The van der Waals surface area contributed by atoms with Crippen LogP contribution in [0.15, 0.2) is 35.2 Å². The Morgan fingerprint density at radius 1 is 1.07 bits per heavy atom. The van der Waals surface area contributed by atoms with Gasteiger partial charge >= 0.3 is 0 Å². The number of benzene rings is 2. The van der Waals surface area contributed by atoms with Gasteiger partial charge in [0.05, 0.1) is 28.8 Å². The molecule has 1 N–H and O–H groups in total. The number of rotatable bonds is 4. The van der Waals surface area contributed by atoms with E-state index in [1.165, 1.54) is 16.4 Å². The van der Waals surface area contributed by atoms with Crippen LogP contribution in [0, 0.1) is 20.8 Å². The molecule has 0 spiro atoms. The zero-order chi connectivity index (χ0) is 20.5. The standard InChI is InChI=1S/C20H23ClN2O4S/c1-13-10-15(3)19(18(21)11-13)22-20(24)17-12-16(5-4-14(17)2)28(25,26)23-6-8-27-9-7-23/h4-5,10-12H,6-9H2,1-3H3,(H,22,24). The van der Waals surface area contributed by atoms with E-state index in [0.29, 0.717) is 48.1 Å². The number of hydrogen-bond donors (Lipinski definition) is 1. The van der Waals surface area contributed by atoms with Crippen molar-refractivity contribution in [3.8, 4) is 0 Å². The van der Waals surface area contributed by atoms with E-state index >= 15 is 0 Å². The van der Waals surface area contributed by atoms with Gasteiger partial charge in [0.15, 0.2) is 0 Å². The topological polar surface area (TPSA) is 75.7 Å². The summed E-state index contributed by atoms with van der Waals surface area (Å²) < 4.78 is 32.4. The molecule has 28 heavy (non-hydrogen) atoms. The minimum atomic E-state index is -3.68. The van der Waals surface area contributed by atoms with Crippen LogP contribution in [0.5, 0.6) is 0 Å². The highest BCUT2D eigenvalue weighted by atomic mass is 35.5. The predicted molar refractivity (Wildman–Crippen MR) is 110 cm³/mol. The monoisotopic (exact) mass is 422 g/mol. The number of halogens is 1. The highest BCUT2D eigenvalue weighted by Gasteiger charge is 2.27. The molecule has 1 saturated heterocycles. The maximum absolute atomic E-state index is 12.9. The van der Waals surface area contributed by atoms with Gasteiger partial charge in [0.1, 0.15) is 0 Å². The van der Waals surface area contributed by atoms with Crippen molar-refractivity contribution < 1.29 is 17.9 Å². The Morgan fingerprint density at radius 3 is 2.39 bits per heavy atom. The summed E-state index contributed by atoms with van der Waals surface area (Å²) in [6.45, 7) is 6.89. The van der Waals surface area contributed by atoms with E-state index in [2.05, 4.69) is 5.32 Å². The van der Waals surface area contributed by atoms with Crippen LogP contribution in [-0.2, 0) is 14.8 Å². The maximum Gasteiger partial charge on any atom is 0.256 e. The van der Waals surface area contributed by atoms with Crippen molar-refractivity contribution in [1.29, 1.82) is 0 Å². The van der Waals surface area contributed by atoms with Crippen LogP contribution in [0.2, 0.25) is 5.02 Å². The van der Waals surface area contributed by atoms with Crippen molar-refractivity contribution in [2.24, 2.45) is 0 Å². The average molecular weight is 423 g/mol. The first kappa shape index (κ1) is 20.8. The normalized spacial score (nSPS) is 15.4. The van der Waals surface area contributed by atoms with Gasteiger partial charge in [-0.3, -0.25) is 4.79 Å². The molecule has 1 aliphatic rings. The van der Waals surface area contributed by atoms with E-state index < -0.39 is 15.9 Å². The lowest BCUT2D eigenvalue weighted by Crippen LogP contribution is -2.40. The first-order valence-corrected chi connectivity index (χ1v) is 10.8. The van der Waals surface area contributed by atoms with Crippen molar-refractivity contribution in [2.75, 3.05) is 31.6 Å². The molecule has 1 amide bonds. The molecule has 1 heterocycles. The average Bonchev–Trinajstić information content (AvgIpc) is 2.65. The third kappa shape index (κ3) is 4.22. The van der Waals surface area contributed by atoms with Gasteiger partial charge in [-0.1, -0.05) is 23.7 Å². The molecule has 0 aliphatic carbocycles. The molecular formula is C20H23ClN2O4S. The van der Waals surface area contributed by atoms with Crippen molar-refractivity contribution in [3.05, 3.63) is 57.6 Å². The highest BCUT2D eigenvalue weighted by Crippen LogP contribution is 2.28. The largest absolute Gasteiger partial charge is 0.379 e. The number of nitrogens with one attached hydrogen (secondary N) is 1. The molecule has 1 fully saturated rings. The summed E-state index contributed by atoms with van der Waals surface area (Å²) in [4.78, 5) is 13.0. The molecule has 1 aliphatic heterocycles. The Hall–Kier alpha value is -1.93. The van der Waals surface area contributed by atoms with E-state index in [9.17, 15) is 13.2 Å². The third-order valence-electron chi connectivity index (χ3n) is 4.73. The maximum atomic E-state index is 12.9. The van der Waals surface area contributed by atoms with E-state index in [-0.39, 0.29) is 4.90 Å². The van der Waals surface area contributed by atoms with Crippen LogP contribution in [0.3, 0.4) is 0 Å². The molecule has 0 bridgehead atoms. The summed E-state index contributed by atoms with van der Waals surface area (Å²) in [7, 11) is -3.68. The molecule has 0 atom stereocenters. The van der Waals surface area contributed by atoms with Crippen molar-refractivity contribution in [2.45, 2.75) is 25.7 Å². The Kier molecular flexibility index (Phi) is 6.09. The molecule has 8 heteroatoms. The summed E-state index contributed by atoms with van der Waals surface area (Å²) in [5.74, 6) is -0.398. The third-order valence-corrected chi connectivity index (χ3v) is 6.92. The number of carbonyl (C=O) groups excluding carboxylic acids is 1. The molecule has 150 valence electrons. The van der Waals surface area contributed by atoms with Crippen LogP contribution in [0.25, 0.3) is 0 Å². The van der Waals surface area contributed by atoms with Crippen molar-refractivity contribution >= 4 is 33.2 Å². The number of morpholine rings is 1. The molecule has 0 aromatic heterocycles. The number of sulfonamides is 1. The van der Waals surface area contributed by atoms with Crippen LogP contribution in [0.4, 0.5) is 5.69 Å². The van der Waals surface area contributed by atoms with Gasteiger partial charge in [-0.15, -0.1) is 0 Å². The SMILES string of the molecule is Cc1cc(C)c(NC(=O)c2cc(S(=O)(=O)N3CCOCC3)ccc2C)c(Cl)c1. The molecule has 3 rings (SSSR count). The van der Waals surface area contributed by atoms with E-state index in [1.807, 2.05) is 19.9 Å². The van der Waals surface area contributed by atoms with E-state index in [1.54, 1.807) is 19.1 Å². The first-order chi connectivity index (χ1) is 13.2. The van der Waals surface area contributed by atoms with Gasteiger partial charge in [-0.05, 0) is 55.7 Å². The Morgan fingerprint density at radius 2 is 1.75 bits per heavy atom. The van der Waals surface area contributed by atoms with Gasteiger partial charge in [0.25, 0.3) is 5.91 Å². The zero-order valence-electron chi connectivity index (χ0n) is 16.1. The number of aryl methyl sites for hydroxylation is 3. The smallest absolute Gasteiger partial charge is 0.256 e. The molecular weight excluding hydrogens is 400 g/mol. The number of anilines is 1. The van der Waals surface area contributed by atoms with E-state index in [0.717, 1.165) is 11.1 Å². The molecule has 2 aromatic rings. The van der Waals surface area contributed by atoms with Gasteiger partial charge in [0.2, 0.25) is 10.0 Å². The van der Waals surface area contributed by atoms with Crippen LogP contribution < -0.4 is 5.32 Å². The number of hydrogen-bond acceptors (Lipinski definition) is 4. The van der Waals surface area contributed by atoms with Crippen molar-refractivity contribution in [1.82, 2.24) is 4.31 Å². The van der Waals surface area contributed by atoms with Crippen LogP contribution in [0.1, 0.15) is 27.0 Å².